The summed E-state index contributed by atoms with van der Waals surface area (Å²) >= 11 is 0. The molecule has 0 unspecified atom stereocenters. The van der Waals surface area contributed by atoms with E-state index in [2.05, 4.69) is 31.0 Å². The minimum absolute atomic E-state index is 0.255. The molecule has 0 aromatic heterocycles. The van der Waals surface area contributed by atoms with Gasteiger partial charge in [0.15, 0.2) is 0 Å². The maximum absolute atomic E-state index is 5.72. The third-order valence-corrected chi connectivity index (χ3v) is 3.62. The minimum atomic E-state index is 0.255. The molecule has 3 nitrogen and oxygen atoms in total. The normalized spacial score (nSPS) is 17.8. The van der Waals surface area contributed by atoms with Crippen molar-refractivity contribution in [2.75, 3.05) is 39.4 Å². The van der Waals surface area contributed by atoms with Crippen molar-refractivity contribution >= 4 is 0 Å². The Morgan fingerprint density at radius 3 is 2.37 bits per heavy atom. The number of likely N-dealkylation sites (tertiary alicyclic amines) is 1. The highest BCUT2D eigenvalue weighted by molar-refractivity contribution is 4.69. The Morgan fingerprint density at radius 1 is 0.947 bits per heavy atom. The van der Waals surface area contributed by atoms with Crippen molar-refractivity contribution in [3.8, 4) is 0 Å². The van der Waals surface area contributed by atoms with Crippen molar-refractivity contribution in [1.29, 1.82) is 0 Å². The van der Waals surface area contributed by atoms with Crippen LogP contribution in [-0.2, 0) is 4.74 Å². The molecule has 1 heterocycles. The minimum Gasteiger partial charge on any atom is -0.380 e. The van der Waals surface area contributed by atoms with E-state index in [1.807, 2.05) is 0 Å². The van der Waals surface area contributed by atoms with Gasteiger partial charge in [0.2, 0.25) is 0 Å². The molecule has 1 saturated heterocycles. The van der Waals surface area contributed by atoms with Gasteiger partial charge in [0.05, 0.1) is 6.61 Å². The Morgan fingerprint density at radius 2 is 1.68 bits per heavy atom. The van der Waals surface area contributed by atoms with E-state index in [0.29, 0.717) is 0 Å². The van der Waals surface area contributed by atoms with Crippen molar-refractivity contribution in [3.05, 3.63) is 0 Å². The van der Waals surface area contributed by atoms with Gasteiger partial charge in [-0.2, -0.15) is 0 Å². The van der Waals surface area contributed by atoms with Crippen molar-refractivity contribution in [2.24, 2.45) is 0 Å². The largest absolute Gasteiger partial charge is 0.380 e. The molecule has 0 radical (unpaired) electrons. The monoisotopic (exact) mass is 270 g/mol. The number of ether oxygens (including phenoxy) is 1. The van der Waals surface area contributed by atoms with E-state index in [4.69, 9.17) is 4.74 Å². The van der Waals surface area contributed by atoms with Gasteiger partial charge in [-0.15, -0.1) is 0 Å². The predicted molar refractivity (Wildman–Crippen MR) is 82.7 cm³/mol. The highest BCUT2D eigenvalue weighted by Gasteiger charge is 2.09. The molecule has 0 amide bonds. The predicted octanol–water partition coefficient (Wildman–Crippen LogP) is 3.05. The molecule has 3 heteroatoms. The van der Waals surface area contributed by atoms with Crippen LogP contribution in [0, 0.1) is 0 Å². The fourth-order valence-corrected chi connectivity index (χ4v) is 2.45. The fraction of sp³-hybridized carbons (Fsp3) is 1.00. The van der Waals surface area contributed by atoms with E-state index < -0.39 is 0 Å². The maximum atomic E-state index is 5.72. The lowest BCUT2D eigenvalue weighted by Gasteiger charge is -2.26. The summed E-state index contributed by atoms with van der Waals surface area (Å²) in [5, 5.41) is 3.52. The molecule has 1 fully saturated rings. The summed E-state index contributed by atoms with van der Waals surface area (Å²) < 4.78 is 5.72. The van der Waals surface area contributed by atoms with Crippen molar-refractivity contribution in [3.63, 3.8) is 0 Å². The van der Waals surface area contributed by atoms with Gasteiger partial charge in [0.25, 0.3) is 0 Å². The van der Waals surface area contributed by atoms with Gasteiger partial charge in [-0.1, -0.05) is 6.42 Å². The summed E-state index contributed by atoms with van der Waals surface area (Å²) in [6.07, 6.45) is 7.90. The Bertz CT molecular complexity index is 207. The molecule has 0 atom stereocenters. The van der Waals surface area contributed by atoms with Crippen molar-refractivity contribution in [1.82, 2.24) is 10.2 Å². The van der Waals surface area contributed by atoms with Crippen LogP contribution in [-0.4, -0.2) is 49.8 Å². The van der Waals surface area contributed by atoms with Crippen LogP contribution in [0.2, 0.25) is 0 Å². The van der Waals surface area contributed by atoms with Crippen LogP contribution in [0.4, 0.5) is 0 Å². The Balaban J connectivity index is 1.78. The summed E-state index contributed by atoms with van der Waals surface area (Å²) in [6.45, 7) is 13.3. The first-order chi connectivity index (χ1) is 9.08. The maximum Gasteiger partial charge on any atom is 0.0593 e. The third kappa shape index (κ3) is 10.3. The van der Waals surface area contributed by atoms with Crippen LogP contribution in [0.1, 0.15) is 59.3 Å². The Hall–Kier alpha value is -0.120. The molecule has 1 aliphatic rings. The van der Waals surface area contributed by atoms with Crippen molar-refractivity contribution in [2.45, 2.75) is 64.8 Å². The number of hydrogen-bond donors (Lipinski definition) is 1. The molecule has 0 aromatic rings. The highest BCUT2D eigenvalue weighted by atomic mass is 16.5. The van der Waals surface area contributed by atoms with E-state index >= 15 is 0 Å². The summed E-state index contributed by atoms with van der Waals surface area (Å²) in [6, 6.07) is 0. The van der Waals surface area contributed by atoms with Gasteiger partial charge in [-0.05, 0) is 72.5 Å². The molecular weight excluding hydrogens is 236 g/mol. The lowest BCUT2D eigenvalue weighted by atomic mass is 10.1. The molecule has 0 bridgehead atoms. The first-order valence-electron chi connectivity index (χ1n) is 8.13. The van der Waals surface area contributed by atoms with Crippen LogP contribution < -0.4 is 5.32 Å². The van der Waals surface area contributed by atoms with Crippen LogP contribution in [0.15, 0.2) is 0 Å². The van der Waals surface area contributed by atoms with Crippen LogP contribution in [0.3, 0.4) is 0 Å². The topological polar surface area (TPSA) is 24.5 Å². The Labute approximate surface area is 120 Å². The highest BCUT2D eigenvalue weighted by Crippen LogP contribution is 2.07. The van der Waals surface area contributed by atoms with Gasteiger partial charge < -0.3 is 15.0 Å². The first kappa shape index (κ1) is 16.9. The number of piperidine rings is 1. The average molecular weight is 270 g/mol. The fourth-order valence-electron chi connectivity index (χ4n) is 2.45. The van der Waals surface area contributed by atoms with E-state index in [1.54, 1.807) is 0 Å². The molecule has 114 valence electrons. The lowest BCUT2D eigenvalue weighted by molar-refractivity contribution is 0.0938. The first-order valence-corrected chi connectivity index (χ1v) is 8.13. The summed E-state index contributed by atoms with van der Waals surface area (Å²) in [5.41, 5.74) is 0.255. The van der Waals surface area contributed by atoms with Gasteiger partial charge >= 0.3 is 0 Å². The standard InChI is InChI=1S/C16H34N2O/c1-16(2,3)17-10-6-4-9-14-19-15-13-18-11-7-5-8-12-18/h17H,4-15H2,1-3H3. The quantitative estimate of drug-likeness (QED) is 0.652. The molecule has 19 heavy (non-hydrogen) atoms. The van der Waals surface area contributed by atoms with Gasteiger partial charge in [-0.25, -0.2) is 0 Å². The second kappa shape index (κ2) is 9.73. The SMILES string of the molecule is CC(C)(C)NCCCCCOCCN1CCCCC1. The molecule has 0 aliphatic carbocycles. The zero-order chi connectivity index (χ0) is 14.0. The smallest absolute Gasteiger partial charge is 0.0593 e. The zero-order valence-corrected chi connectivity index (χ0v) is 13.3. The number of nitrogens with zero attached hydrogens (tertiary/aromatic N) is 1. The number of nitrogens with one attached hydrogen (secondary N) is 1. The third-order valence-electron chi connectivity index (χ3n) is 3.62. The summed E-state index contributed by atoms with van der Waals surface area (Å²) in [4.78, 5) is 2.54. The molecule has 0 aromatic carbocycles. The molecule has 1 N–H and O–H groups in total. The zero-order valence-electron chi connectivity index (χ0n) is 13.3. The van der Waals surface area contributed by atoms with Gasteiger partial charge in [0.1, 0.15) is 0 Å². The molecular formula is C16H34N2O. The lowest BCUT2D eigenvalue weighted by Crippen LogP contribution is -2.36. The molecule has 1 rings (SSSR count). The summed E-state index contributed by atoms with van der Waals surface area (Å²) in [7, 11) is 0. The van der Waals surface area contributed by atoms with Gasteiger partial charge in [-0.3, -0.25) is 0 Å². The van der Waals surface area contributed by atoms with E-state index in [9.17, 15) is 0 Å². The van der Waals surface area contributed by atoms with Gasteiger partial charge in [0, 0.05) is 18.7 Å². The molecule has 1 aliphatic heterocycles. The van der Waals surface area contributed by atoms with E-state index in [0.717, 1.165) is 26.3 Å². The summed E-state index contributed by atoms with van der Waals surface area (Å²) in [5.74, 6) is 0. The second-order valence-electron chi connectivity index (χ2n) is 6.75. The van der Waals surface area contributed by atoms with E-state index in [-0.39, 0.29) is 5.54 Å². The number of rotatable bonds is 9. The van der Waals surface area contributed by atoms with Crippen LogP contribution in [0.25, 0.3) is 0 Å². The second-order valence-corrected chi connectivity index (χ2v) is 6.75. The van der Waals surface area contributed by atoms with Crippen molar-refractivity contribution < 1.29 is 4.74 Å². The molecule has 0 saturated carbocycles. The van der Waals surface area contributed by atoms with Crippen LogP contribution >= 0.6 is 0 Å². The molecule has 0 spiro atoms. The van der Waals surface area contributed by atoms with Crippen LogP contribution in [0.5, 0.6) is 0 Å². The van der Waals surface area contributed by atoms with E-state index in [1.165, 1.54) is 51.6 Å². The number of hydrogen-bond acceptors (Lipinski definition) is 3. The Kier molecular flexibility index (Phi) is 8.67. The number of unbranched alkanes of at least 4 members (excludes halogenated alkanes) is 2. The average Bonchev–Trinajstić information content (AvgIpc) is 2.37.